The summed E-state index contributed by atoms with van der Waals surface area (Å²) in [5.41, 5.74) is 2.79. The average Bonchev–Trinajstić information content (AvgIpc) is 3.32. The molecule has 0 aliphatic heterocycles. The van der Waals surface area contributed by atoms with Crippen LogP contribution in [0.25, 0.3) is 11.0 Å². The number of ether oxygens (including phenoxy) is 1. The number of fused-ring (bicyclic) bond motifs is 1. The fraction of sp³-hybridized carbons (Fsp3) is 0.562. The minimum Gasteiger partial charge on any atom is -0.492 e. The van der Waals surface area contributed by atoms with Crippen LogP contribution < -0.4 is 4.74 Å². The van der Waals surface area contributed by atoms with E-state index in [9.17, 15) is 0 Å². The lowest BCUT2D eigenvalue weighted by molar-refractivity contribution is 0.343. The van der Waals surface area contributed by atoms with Crippen LogP contribution in [0.15, 0.2) is 18.2 Å². The third-order valence-corrected chi connectivity index (χ3v) is 5.20. The van der Waals surface area contributed by atoms with E-state index in [0.717, 1.165) is 28.5 Å². The second-order valence-electron chi connectivity index (χ2n) is 6.24. The van der Waals surface area contributed by atoms with Crippen LogP contribution >= 0.6 is 12.2 Å². The molecule has 0 unspecified atom stereocenters. The monoisotopic (exact) mass is 288 g/mol. The Morgan fingerprint density at radius 2 is 2.20 bits per heavy atom. The number of rotatable bonds is 5. The van der Waals surface area contributed by atoms with E-state index in [0.29, 0.717) is 12.0 Å². The van der Waals surface area contributed by atoms with Gasteiger partial charge in [-0.25, -0.2) is 0 Å². The van der Waals surface area contributed by atoms with Crippen molar-refractivity contribution < 1.29 is 4.74 Å². The topological polar surface area (TPSA) is 29.9 Å². The predicted octanol–water partition coefficient (Wildman–Crippen LogP) is 4.29. The zero-order chi connectivity index (χ0) is 13.7. The number of hydrogen-bond acceptors (Lipinski definition) is 2. The maximum absolute atomic E-state index is 5.70. The Balaban J connectivity index is 1.77. The van der Waals surface area contributed by atoms with Crippen LogP contribution in [-0.2, 0) is 6.54 Å². The molecule has 0 atom stereocenters. The maximum Gasteiger partial charge on any atom is 0.178 e. The zero-order valence-electron chi connectivity index (χ0n) is 11.8. The molecule has 3 nitrogen and oxygen atoms in total. The Labute approximate surface area is 123 Å². The molecule has 2 aliphatic carbocycles. The lowest BCUT2D eigenvalue weighted by atomic mass is 10.0. The van der Waals surface area contributed by atoms with E-state index >= 15 is 0 Å². The fourth-order valence-electron chi connectivity index (χ4n) is 3.45. The second kappa shape index (κ2) is 4.35. The van der Waals surface area contributed by atoms with Gasteiger partial charge in [0.25, 0.3) is 0 Å². The van der Waals surface area contributed by atoms with Gasteiger partial charge in [-0.1, -0.05) is 6.07 Å². The quantitative estimate of drug-likeness (QED) is 0.832. The first-order valence-corrected chi connectivity index (χ1v) is 7.99. The SMILES string of the molecule is CCOc1cccc2c1[nH]c(=S)n2CC1(C2CC2)CC1. The Morgan fingerprint density at radius 1 is 1.40 bits per heavy atom. The van der Waals surface area contributed by atoms with Gasteiger partial charge in [0.2, 0.25) is 0 Å². The summed E-state index contributed by atoms with van der Waals surface area (Å²) < 4.78 is 8.82. The van der Waals surface area contributed by atoms with E-state index in [4.69, 9.17) is 17.0 Å². The van der Waals surface area contributed by atoms with Gasteiger partial charge in [-0.2, -0.15) is 0 Å². The van der Waals surface area contributed by atoms with Crippen molar-refractivity contribution in [1.82, 2.24) is 9.55 Å². The van der Waals surface area contributed by atoms with Gasteiger partial charge in [-0.3, -0.25) is 0 Å². The number of benzene rings is 1. The number of hydrogen-bond donors (Lipinski definition) is 1. The molecule has 4 rings (SSSR count). The summed E-state index contributed by atoms with van der Waals surface area (Å²) in [5, 5.41) is 0. The van der Waals surface area contributed by atoms with Crippen molar-refractivity contribution in [3.05, 3.63) is 23.0 Å². The number of para-hydroxylation sites is 1. The molecule has 2 aliphatic rings. The van der Waals surface area contributed by atoms with Gasteiger partial charge in [0.1, 0.15) is 11.3 Å². The average molecular weight is 288 g/mol. The molecule has 0 amide bonds. The molecule has 2 fully saturated rings. The number of imidazole rings is 1. The molecule has 0 bridgehead atoms. The van der Waals surface area contributed by atoms with Crippen molar-refractivity contribution in [1.29, 1.82) is 0 Å². The van der Waals surface area contributed by atoms with Gasteiger partial charge in [-0.15, -0.1) is 0 Å². The summed E-state index contributed by atoms with van der Waals surface area (Å²) in [4.78, 5) is 3.34. The highest BCUT2D eigenvalue weighted by molar-refractivity contribution is 7.71. The lowest BCUT2D eigenvalue weighted by Crippen LogP contribution is -2.13. The van der Waals surface area contributed by atoms with Crippen LogP contribution in [0.1, 0.15) is 32.6 Å². The van der Waals surface area contributed by atoms with Gasteiger partial charge in [0.05, 0.1) is 12.1 Å². The highest BCUT2D eigenvalue weighted by Gasteiger charge is 2.53. The van der Waals surface area contributed by atoms with E-state index in [1.165, 1.54) is 31.2 Å². The Morgan fingerprint density at radius 3 is 2.85 bits per heavy atom. The molecular formula is C16H20N2OS. The van der Waals surface area contributed by atoms with Crippen molar-refractivity contribution in [2.75, 3.05) is 6.61 Å². The van der Waals surface area contributed by atoms with E-state index in [-0.39, 0.29) is 0 Å². The molecular weight excluding hydrogens is 268 g/mol. The number of nitrogens with one attached hydrogen (secondary N) is 1. The highest BCUT2D eigenvalue weighted by Crippen LogP contribution is 2.62. The van der Waals surface area contributed by atoms with Crippen molar-refractivity contribution in [3.8, 4) is 5.75 Å². The van der Waals surface area contributed by atoms with E-state index < -0.39 is 0 Å². The first kappa shape index (κ1) is 12.5. The number of aromatic nitrogens is 2. The van der Waals surface area contributed by atoms with Gasteiger partial charge in [0, 0.05) is 6.54 Å². The third kappa shape index (κ3) is 1.89. The van der Waals surface area contributed by atoms with Crippen molar-refractivity contribution in [2.45, 2.75) is 39.2 Å². The first-order chi connectivity index (χ1) is 9.73. The highest BCUT2D eigenvalue weighted by atomic mass is 32.1. The molecule has 0 spiro atoms. The smallest absolute Gasteiger partial charge is 0.178 e. The maximum atomic E-state index is 5.70. The summed E-state index contributed by atoms with van der Waals surface area (Å²) in [6.07, 6.45) is 5.58. The Bertz CT molecular complexity index is 707. The Hall–Kier alpha value is -1.29. The molecule has 0 saturated heterocycles. The van der Waals surface area contributed by atoms with Gasteiger partial charge in [-0.05, 0) is 68.3 Å². The first-order valence-electron chi connectivity index (χ1n) is 7.58. The van der Waals surface area contributed by atoms with Crippen LogP contribution in [-0.4, -0.2) is 16.2 Å². The van der Waals surface area contributed by atoms with Gasteiger partial charge in [0.15, 0.2) is 4.77 Å². The molecule has 1 heterocycles. The van der Waals surface area contributed by atoms with Gasteiger partial charge < -0.3 is 14.3 Å². The van der Waals surface area contributed by atoms with Crippen LogP contribution in [0.3, 0.4) is 0 Å². The van der Waals surface area contributed by atoms with Crippen molar-refractivity contribution in [3.63, 3.8) is 0 Å². The predicted molar refractivity (Wildman–Crippen MR) is 82.7 cm³/mol. The van der Waals surface area contributed by atoms with Crippen LogP contribution in [0.5, 0.6) is 5.75 Å². The van der Waals surface area contributed by atoms with Crippen LogP contribution in [0, 0.1) is 16.1 Å². The minimum atomic E-state index is 0.551. The third-order valence-electron chi connectivity index (χ3n) is 4.88. The van der Waals surface area contributed by atoms with Crippen molar-refractivity contribution >= 4 is 23.3 Å². The Kier molecular flexibility index (Phi) is 2.71. The molecule has 1 N–H and O–H groups in total. The summed E-state index contributed by atoms with van der Waals surface area (Å²) in [7, 11) is 0. The lowest BCUT2D eigenvalue weighted by Gasteiger charge is -2.15. The molecule has 2 aromatic rings. The largest absolute Gasteiger partial charge is 0.492 e. The van der Waals surface area contributed by atoms with E-state index in [1.807, 2.05) is 13.0 Å². The molecule has 20 heavy (non-hydrogen) atoms. The fourth-order valence-corrected chi connectivity index (χ4v) is 3.72. The normalized spacial score (nSPS) is 20.2. The summed E-state index contributed by atoms with van der Waals surface area (Å²) >= 11 is 5.55. The van der Waals surface area contributed by atoms with E-state index in [1.54, 1.807) is 0 Å². The molecule has 0 radical (unpaired) electrons. The summed E-state index contributed by atoms with van der Waals surface area (Å²) in [5.74, 6) is 1.86. The van der Waals surface area contributed by atoms with E-state index in [2.05, 4.69) is 21.7 Å². The molecule has 1 aromatic heterocycles. The molecule has 4 heteroatoms. The summed E-state index contributed by atoms with van der Waals surface area (Å²) in [6, 6.07) is 6.21. The minimum absolute atomic E-state index is 0.551. The molecule has 2 saturated carbocycles. The standard InChI is InChI=1S/C16H20N2OS/c1-2-19-13-5-3-4-12-14(13)17-15(20)18(12)10-16(8-9-16)11-6-7-11/h3-5,11H,2,6-10H2,1H3,(H,17,20). The molecule has 106 valence electrons. The van der Waals surface area contributed by atoms with Gasteiger partial charge >= 0.3 is 0 Å². The second-order valence-corrected chi connectivity index (χ2v) is 6.62. The number of nitrogens with zero attached hydrogens (tertiary/aromatic N) is 1. The summed E-state index contributed by atoms with van der Waals surface area (Å²) in [6.45, 7) is 3.76. The number of H-pyrrole nitrogens is 1. The van der Waals surface area contributed by atoms with Crippen LogP contribution in [0.4, 0.5) is 0 Å². The van der Waals surface area contributed by atoms with Crippen LogP contribution in [0.2, 0.25) is 0 Å². The van der Waals surface area contributed by atoms with Crippen molar-refractivity contribution in [2.24, 2.45) is 11.3 Å². The molecule has 1 aromatic carbocycles. The zero-order valence-corrected chi connectivity index (χ0v) is 12.6. The number of aromatic amines is 1.